The van der Waals surface area contributed by atoms with Gasteiger partial charge in [-0.25, -0.2) is 0 Å². The molecule has 21 nitrogen and oxygen atoms in total. The van der Waals surface area contributed by atoms with Crippen LogP contribution < -0.4 is 18.9 Å². The Bertz CT molecular complexity index is 1820. The molecule has 1 aliphatic carbocycles. The molecule has 21 heteroatoms. The second kappa shape index (κ2) is 16.8. The molecule has 15 atom stereocenters. The molecule has 0 bridgehead atoms. The van der Waals surface area contributed by atoms with E-state index >= 15 is 0 Å². The summed E-state index contributed by atoms with van der Waals surface area (Å²) in [5, 5.41) is 106. The van der Waals surface area contributed by atoms with Gasteiger partial charge in [0.15, 0.2) is 29.9 Å². The van der Waals surface area contributed by atoms with E-state index in [-0.39, 0.29) is 50.8 Å². The normalized spacial score (nSPS) is 36.6. The molecule has 15 unspecified atom stereocenters. The van der Waals surface area contributed by atoms with E-state index in [4.69, 9.17) is 42.6 Å². The zero-order chi connectivity index (χ0) is 41.8. The molecule has 6 rings (SSSR count). The number of aromatic hydroxyl groups is 1. The number of phenolic OH excluding ortho intramolecular Hbond substituents is 1. The van der Waals surface area contributed by atoms with Gasteiger partial charge in [0.05, 0.1) is 51.8 Å². The number of hydrogen-bond donors (Lipinski definition) is 10. The number of ketones is 2. The number of carbonyl (C=O) groups excluding carboxylic acids is 2. The van der Waals surface area contributed by atoms with Gasteiger partial charge in [0, 0.05) is 16.7 Å². The Morgan fingerprint density at radius 1 is 0.561 bits per heavy atom. The van der Waals surface area contributed by atoms with Crippen LogP contribution in [-0.4, -0.2) is 189 Å². The second-order valence-corrected chi connectivity index (χ2v) is 14.0. The predicted octanol–water partition coefficient (Wildman–Crippen LogP) is -3.64. The Morgan fingerprint density at radius 3 is 1.58 bits per heavy atom. The lowest BCUT2D eigenvalue weighted by atomic mass is 9.81. The maximum atomic E-state index is 13.9. The van der Waals surface area contributed by atoms with Gasteiger partial charge in [-0.2, -0.15) is 0 Å². The lowest BCUT2D eigenvalue weighted by molar-refractivity contribution is -0.337. The zero-order valence-electron chi connectivity index (χ0n) is 31.2. The number of phenols is 1. The zero-order valence-corrected chi connectivity index (χ0v) is 31.2. The summed E-state index contributed by atoms with van der Waals surface area (Å²) in [5.74, 6) is -2.40. The highest BCUT2D eigenvalue weighted by molar-refractivity contribution is 6.31. The Balaban J connectivity index is 1.18. The number of ether oxygens (including phenoxy) is 9. The van der Waals surface area contributed by atoms with Crippen molar-refractivity contribution in [2.24, 2.45) is 0 Å². The Hall–Kier alpha value is -3.78. The van der Waals surface area contributed by atoms with Crippen molar-refractivity contribution in [3.05, 3.63) is 39.9 Å². The molecule has 10 N–H and O–H groups in total. The highest BCUT2D eigenvalue weighted by Crippen LogP contribution is 2.48. The Kier molecular flexibility index (Phi) is 12.6. The molecule has 0 aromatic heterocycles. The SMILES string of the molecule is COc1cc2c(c(OC)c1OC)C(=O)c1c(cc(OC3OC(COC4OC(COC5OC(C)C(O)C(O)C5O)C(O)C(O)C4O)C(O)C(O)C3O)c(C)c1O)C2=O. The Morgan fingerprint density at radius 2 is 1.04 bits per heavy atom. The summed E-state index contributed by atoms with van der Waals surface area (Å²) in [4.78, 5) is 27.7. The lowest BCUT2D eigenvalue weighted by Crippen LogP contribution is -2.62. The van der Waals surface area contributed by atoms with Gasteiger partial charge >= 0.3 is 0 Å². The molecule has 3 heterocycles. The van der Waals surface area contributed by atoms with Crippen molar-refractivity contribution in [3.8, 4) is 28.7 Å². The number of methoxy groups -OCH3 is 3. The average molecular weight is 815 g/mol. The lowest BCUT2D eigenvalue weighted by Gasteiger charge is -2.43. The highest BCUT2D eigenvalue weighted by atomic mass is 16.7. The van der Waals surface area contributed by atoms with Crippen molar-refractivity contribution < 1.29 is 103 Å². The number of rotatable bonds is 11. The molecule has 2 aromatic carbocycles. The van der Waals surface area contributed by atoms with Gasteiger partial charge in [-0.05, 0) is 26.0 Å². The van der Waals surface area contributed by atoms with E-state index in [0.717, 1.165) is 6.07 Å². The monoisotopic (exact) mass is 814 g/mol. The summed E-state index contributed by atoms with van der Waals surface area (Å²) in [7, 11) is 3.90. The van der Waals surface area contributed by atoms with Crippen molar-refractivity contribution >= 4 is 11.6 Å². The van der Waals surface area contributed by atoms with Crippen LogP contribution in [0.25, 0.3) is 0 Å². The van der Waals surface area contributed by atoms with Gasteiger partial charge in [0.1, 0.15) is 78.6 Å². The summed E-state index contributed by atoms with van der Waals surface area (Å²) < 4.78 is 49.7. The fourth-order valence-corrected chi connectivity index (χ4v) is 7.10. The molecule has 4 aliphatic rings. The molecular weight excluding hydrogens is 768 g/mol. The van der Waals surface area contributed by atoms with Gasteiger partial charge in [0.2, 0.25) is 17.8 Å². The molecule has 0 saturated carbocycles. The van der Waals surface area contributed by atoms with E-state index < -0.39 is 123 Å². The molecule has 3 aliphatic heterocycles. The van der Waals surface area contributed by atoms with Crippen LogP contribution in [0.15, 0.2) is 12.1 Å². The van der Waals surface area contributed by atoms with Gasteiger partial charge < -0.3 is 93.7 Å². The van der Waals surface area contributed by atoms with Gasteiger partial charge in [-0.15, -0.1) is 0 Å². The minimum absolute atomic E-state index is 0.0401. The summed E-state index contributed by atoms with van der Waals surface area (Å²) in [6.07, 6.45) is -24.8. The number of hydrogen-bond acceptors (Lipinski definition) is 21. The molecule has 0 amide bonds. The molecule has 0 spiro atoms. The molecule has 57 heavy (non-hydrogen) atoms. The largest absolute Gasteiger partial charge is 0.507 e. The summed E-state index contributed by atoms with van der Waals surface area (Å²) in [6.45, 7) is 1.50. The van der Waals surface area contributed by atoms with E-state index in [0.29, 0.717) is 0 Å². The van der Waals surface area contributed by atoms with Crippen molar-refractivity contribution in [1.29, 1.82) is 0 Å². The first kappa shape index (κ1) is 42.8. The fraction of sp³-hybridized carbons (Fsp3) is 0.611. The van der Waals surface area contributed by atoms with Gasteiger partial charge in [-0.1, -0.05) is 0 Å². The van der Waals surface area contributed by atoms with Crippen molar-refractivity contribution in [2.75, 3.05) is 34.5 Å². The maximum Gasteiger partial charge on any atom is 0.229 e. The second-order valence-electron chi connectivity index (χ2n) is 14.0. The van der Waals surface area contributed by atoms with Gasteiger partial charge in [0.25, 0.3) is 0 Å². The highest BCUT2D eigenvalue weighted by Gasteiger charge is 2.50. The summed E-state index contributed by atoms with van der Waals surface area (Å²) in [5.41, 5.74) is -1.05. The summed E-state index contributed by atoms with van der Waals surface area (Å²) >= 11 is 0. The summed E-state index contributed by atoms with van der Waals surface area (Å²) in [6, 6.07) is 2.42. The van der Waals surface area contributed by atoms with E-state index in [1.165, 1.54) is 41.2 Å². The smallest absolute Gasteiger partial charge is 0.229 e. The van der Waals surface area contributed by atoms with E-state index in [1.807, 2.05) is 0 Å². The van der Waals surface area contributed by atoms with Crippen molar-refractivity contribution in [2.45, 2.75) is 106 Å². The number of fused-ring (bicyclic) bond motifs is 2. The molecule has 316 valence electrons. The molecule has 3 saturated heterocycles. The third kappa shape index (κ3) is 7.53. The number of benzene rings is 2. The van der Waals surface area contributed by atoms with E-state index in [1.54, 1.807) is 0 Å². The fourth-order valence-electron chi connectivity index (χ4n) is 7.10. The minimum Gasteiger partial charge on any atom is -0.507 e. The molecular formula is C36H46O21. The third-order valence-corrected chi connectivity index (χ3v) is 10.5. The quantitative estimate of drug-likeness (QED) is 0.0892. The molecule has 2 aromatic rings. The van der Waals surface area contributed by atoms with Crippen LogP contribution in [0.3, 0.4) is 0 Å². The van der Waals surface area contributed by atoms with Crippen LogP contribution >= 0.6 is 0 Å². The van der Waals surface area contributed by atoms with Crippen LogP contribution in [0.4, 0.5) is 0 Å². The minimum atomic E-state index is -1.93. The molecule has 3 fully saturated rings. The van der Waals surface area contributed by atoms with Gasteiger partial charge in [-0.3, -0.25) is 9.59 Å². The predicted molar refractivity (Wildman–Crippen MR) is 184 cm³/mol. The first-order chi connectivity index (χ1) is 27.0. The van der Waals surface area contributed by atoms with Crippen molar-refractivity contribution in [1.82, 2.24) is 0 Å². The number of aliphatic hydroxyl groups is 9. The van der Waals surface area contributed by atoms with Crippen LogP contribution in [0, 0.1) is 6.92 Å². The van der Waals surface area contributed by atoms with E-state index in [9.17, 15) is 60.7 Å². The Labute approximate surface area is 324 Å². The number of aliphatic hydroxyl groups excluding tert-OH is 9. The van der Waals surface area contributed by atoms with Crippen LogP contribution in [0.1, 0.15) is 44.3 Å². The third-order valence-electron chi connectivity index (χ3n) is 10.5. The first-order valence-corrected chi connectivity index (χ1v) is 17.7. The number of carbonyl (C=O) groups is 2. The molecule has 0 radical (unpaired) electrons. The first-order valence-electron chi connectivity index (χ1n) is 17.7. The van der Waals surface area contributed by atoms with Crippen LogP contribution in [0.5, 0.6) is 28.7 Å². The topological polar surface area (TPSA) is 320 Å². The van der Waals surface area contributed by atoms with Crippen molar-refractivity contribution in [3.63, 3.8) is 0 Å². The average Bonchev–Trinajstić information content (AvgIpc) is 3.20. The van der Waals surface area contributed by atoms with Crippen LogP contribution in [-0.2, 0) is 23.7 Å². The standard InChI is InChI=1S/C36H46O21/c1-10-14(6-12-18(20(10)37)25(42)19-13(22(12)39)7-15(49-3)32(50-4)33(19)51-5)55-36-31(48)28(45)24(41)17(57-36)9-53-35-30(47)27(44)23(40)16(56-35)8-52-34-29(46)26(43)21(38)11(2)54-34/h6-7,11,16-17,21,23-24,26-31,34-38,40-41,43-48H,8-9H2,1-5H3. The van der Waals surface area contributed by atoms with Crippen LogP contribution in [0.2, 0.25) is 0 Å². The maximum absolute atomic E-state index is 13.9. The van der Waals surface area contributed by atoms with E-state index in [2.05, 4.69) is 0 Å².